The van der Waals surface area contributed by atoms with Gasteiger partial charge in [0.2, 0.25) is 0 Å². The lowest BCUT2D eigenvalue weighted by Crippen LogP contribution is -2.30. The third-order valence-corrected chi connectivity index (χ3v) is 5.83. The Morgan fingerprint density at radius 3 is 2.45 bits per heavy atom. The molecular weight excluding hydrogens is 472 g/mol. The second kappa shape index (κ2) is 8.29. The molecule has 3 aromatic heterocycles. The summed E-state index contributed by atoms with van der Waals surface area (Å²) in [6.07, 6.45) is -1.19. The monoisotopic (exact) mass is 488 g/mol. The van der Waals surface area contributed by atoms with Crippen LogP contribution in [0, 0.1) is 0 Å². The van der Waals surface area contributed by atoms with E-state index in [9.17, 15) is 13.2 Å². The molecule has 31 heavy (non-hydrogen) atoms. The summed E-state index contributed by atoms with van der Waals surface area (Å²) in [5.41, 5.74) is 1.04. The Kier molecular flexibility index (Phi) is 5.70. The number of pyridine rings is 1. The van der Waals surface area contributed by atoms with Crippen molar-refractivity contribution in [3.8, 4) is 22.6 Å². The summed E-state index contributed by atoms with van der Waals surface area (Å²) in [5, 5.41) is 7.78. The van der Waals surface area contributed by atoms with E-state index in [-0.39, 0.29) is 11.3 Å². The maximum Gasteiger partial charge on any atom is 0.433 e. The van der Waals surface area contributed by atoms with Crippen molar-refractivity contribution in [3.05, 3.63) is 70.8 Å². The topological polar surface area (TPSA) is 61.4 Å². The van der Waals surface area contributed by atoms with Crippen LogP contribution in [0.2, 0.25) is 6.82 Å². The Morgan fingerprint density at radius 1 is 1.06 bits per heavy atom. The summed E-state index contributed by atoms with van der Waals surface area (Å²) in [6.45, 7) is 1.16. The molecule has 0 saturated heterocycles. The Morgan fingerprint density at radius 2 is 1.81 bits per heavy atom. The molecule has 0 aliphatic carbocycles. The molecule has 0 aliphatic heterocycles. The maximum atomic E-state index is 14.1. The zero-order chi connectivity index (χ0) is 22.2. The van der Waals surface area contributed by atoms with Gasteiger partial charge in [0, 0.05) is 18.8 Å². The fourth-order valence-electron chi connectivity index (χ4n) is 3.40. The van der Waals surface area contributed by atoms with Crippen molar-refractivity contribution >= 4 is 22.8 Å². The molecule has 3 heterocycles. The number of halogens is 4. The number of aryl methyl sites for hydroxylation is 1. The molecule has 0 fully saturated rings. The Balaban J connectivity index is 1.76. The first kappa shape index (κ1) is 21.3. The normalized spacial score (nSPS) is 11.7. The summed E-state index contributed by atoms with van der Waals surface area (Å²) >= 11 is 3.42. The fraction of sp³-hybridized carbons (Fsp3) is 0.200. The molecule has 11 heteroatoms. The lowest BCUT2D eigenvalue weighted by Gasteiger charge is -2.15. The zero-order valence-electron chi connectivity index (χ0n) is 16.7. The molecule has 0 saturated carbocycles. The van der Waals surface area contributed by atoms with E-state index in [1.54, 1.807) is 30.8 Å². The number of imidazole rings is 1. The largest absolute Gasteiger partial charge is 0.433 e. The predicted molar refractivity (Wildman–Crippen MR) is 115 cm³/mol. The number of rotatable bonds is 5. The first-order chi connectivity index (χ1) is 14.8. The summed E-state index contributed by atoms with van der Waals surface area (Å²) in [7, 11) is 1.80. The predicted octanol–water partition coefficient (Wildman–Crippen LogP) is 4.77. The molecule has 0 bridgehead atoms. The molecule has 4 aromatic rings. The van der Waals surface area contributed by atoms with Crippen LogP contribution in [0.5, 0.6) is 0 Å². The number of aromatic nitrogens is 6. The molecule has 1 aromatic carbocycles. The second-order valence-electron chi connectivity index (χ2n) is 7.19. The minimum absolute atomic E-state index is 0.233. The van der Waals surface area contributed by atoms with Crippen LogP contribution in [-0.2, 0) is 19.5 Å². The van der Waals surface area contributed by atoms with Crippen molar-refractivity contribution in [1.29, 1.82) is 0 Å². The van der Waals surface area contributed by atoms with Crippen molar-refractivity contribution in [2.24, 2.45) is 7.05 Å². The quantitative estimate of drug-likeness (QED) is 0.379. The van der Waals surface area contributed by atoms with Crippen LogP contribution >= 0.6 is 15.9 Å². The smallest absolute Gasteiger partial charge is 0.328 e. The average Bonchev–Trinajstić information content (AvgIpc) is 3.33. The number of benzene rings is 1. The van der Waals surface area contributed by atoms with Crippen molar-refractivity contribution in [1.82, 2.24) is 29.4 Å². The lowest BCUT2D eigenvalue weighted by molar-refractivity contribution is -0.141. The van der Waals surface area contributed by atoms with Gasteiger partial charge in [-0.25, -0.2) is 4.98 Å². The first-order valence-corrected chi connectivity index (χ1v) is 10.2. The zero-order valence-corrected chi connectivity index (χ0v) is 18.3. The molecule has 0 unspecified atom stereocenters. The number of hydrogen-bond acceptors (Lipinski definition) is 4. The maximum absolute atomic E-state index is 14.1. The molecule has 0 amide bonds. The van der Waals surface area contributed by atoms with Gasteiger partial charge in [-0.2, -0.15) is 13.2 Å². The molecule has 0 aliphatic rings. The van der Waals surface area contributed by atoms with Crippen molar-refractivity contribution in [2.75, 3.05) is 0 Å². The van der Waals surface area contributed by atoms with Crippen LogP contribution in [0.1, 0.15) is 11.3 Å². The van der Waals surface area contributed by atoms with Gasteiger partial charge in [-0.1, -0.05) is 47.9 Å². The minimum Gasteiger partial charge on any atom is -0.328 e. The van der Waals surface area contributed by atoms with Crippen LogP contribution in [0.4, 0.5) is 13.2 Å². The molecule has 0 radical (unpaired) electrons. The van der Waals surface area contributed by atoms with Crippen LogP contribution in [0.15, 0.2) is 59.6 Å². The van der Waals surface area contributed by atoms with E-state index in [4.69, 9.17) is 0 Å². The van der Waals surface area contributed by atoms with Crippen LogP contribution in [0.3, 0.4) is 0 Å². The number of hydrogen-bond donors (Lipinski definition) is 0. The van der Waals surface area contributed by atoms with Gasteiger partial charge >= 0.3 is 6.18 Å². The van der Waals surface area contributed by atoms with E-state index < -0.39 is 18.7 Å². The number of nitrogens with zero attached hydrogens (tertiary/aromatic N) is 6. The Bertz CT molecular complexity index is 1210. The van der Waals surface area contributed by atoms with Crippen molar-refractivity contribution < 1.29 is 13.2 Å². The Hall–Kier alpha value is -2.95. The molecule has 6 nitrogen and oxygen atoms in total. The van der Waals surface area contributed by atoms with Gasteiger partial charge in [-0.3, -0.25) is 9.58 Å². The van der Waals surface area contributed by atoms with Crippen molar-refractivity contribution in [3.63, 3.8) is 0 Å². The average molecular weight is 489 g/mol. The highest BCUT2D eigenvalue weighted by molar-refractivity contribution is 9.10. The molecule has 0 atom stereocenters. The fourth-order valence-corrected chi connectivity index (χ4v) is 3.79. The van der Waals surface area contributed by atoms with Gasteiger partial charge in [0.1, 0.15) is 16.0 Å². The van der Waals surface area contributed by atoms with Gasteiger partial charge in [0.05, 0.1) is 12.0 Å². The van der Waals surface area contributed by atoms with Gasteiger partial charge < -0.3 is 4.57 Å². The van der Waals surface area contributed by atoms with Gasteiger partial charge in [-0.05, 0) is 34.4 Å². The highest BCUT2D eigenvalue weighted by Gasteiger charge is 2.41. The minimum atomic E-state index is -4.63. The van der Waals surface area contributed by atoms with E-state index in [2.05, 4.69) is 36.2 Å². The van der Waals surface area contributed by atoms with Crippen LogP contribution in [0.25, 0.3) is 22.6 Å². The Labute approximate surface area is 185 Å². The summed E-state index contributed by atoms with van der Waals surface area (Å²) in [5.74, 6) is 0. The van der Waals surface area contributed by atoms with Crippen LogP contribution in [-0.4, -0.2) is 36.3 Å². The van der Waals surface area contributed by atoms with E-state index in [1.165, 1.54) is 12.3 Å². The highest BCUT2D eigenvalue weighted by atomic mass is 79.9. The van der Waals surface area contributed by atoms with Crippen LogP contribution < -0.4 is 0 Å². The lowest BCUT2D eigenvalue weighted by atomic mass is 9.60. The SMILES string of the molecule is CB(Cc1ccccc1)n1nnc(-c2ccnc(-c3ncn(C)c3Br)c2)c1C(F)(F)F. The number of alkyl halides is 3. The molecule has 158 valence electrons. The molecule has 4 rings (SSSR count). The van der Waals surface area contributed by atoms with Crippen molar-refractivity contribution in [2.45, 2.75) is 19.3 Å². The molecular formula is C20H17BBrF3N6. The summed E-state index contributed by atoms with van der Waals surface area (Å²) in [6, 6.07) is 12.4. The highest BCUT2D eigenvalue weighted by Crippen LogP contribution is 2.37. The standard InChI is InChI=1S/C20H17BBrF3N6/c1-21(11-13-6-4-3-5-7-13)31-18(20(23,24)25)16(28-29-31)14-8-9-26-15(10-14)17-19(22)30(2)12-27-17/h3-10,12H,11H2,1-2H3. The van der Waals surface area contributed by atoms with Gasteiger partial charge in [-0.15, -0.1) is 5.10 Å². The van der Waals surface area contributed by atoms with Gasteiger partial charge in [0.25, 0.3) is 6.85 Å². The van der Waals surface area contributed by atoms with E-state index in [0.717, 1.165) is 10.2 Å². The van der Waals surface area contributed by atoms with E-state index >= 15 is 0 Å². The van der Waals surface area contributed by atoms with Gasteiger partial charge in [0.15, 0.2) is 5.69 Å². The first-order valence-electron chi connectivity index (χ1n) is 9.45. The third kappa shape index (κ3) is 4.27. The molecule has 0 spiro atoms. The second-order valence-corrected chi connectivity index (χ2v) is 7.94. The van der Waals surface area contributed by atoms with E-state index in [1.807, 2.05) is 30.3 Å². The summed E-state index contributed by atoms with van der Waals surface area (Å²) < 4.78 is 45.6. The summed E-state index contributed by atoms with van der Waals surface area (Å²) in [4.78, 5) is 8.52. The third-order valence-electron chi connectivity index (χ3n) is 4.90. The van der Waals surface area contributed by atoms with E-state index in [0.29, 0.717) is 22.3 Å². The molecule has 0 N–H and O–H groups in total.